The van der Waals surface area contributed by atoms with Crippen molar-refractivity contribution in [1.82, 2.24) is 0 Å². The van der Waals surface area contributed by atoms with Gasteiger partial charge in [0.15, 0.2) is 5.78 Å². The zero-order chi connectivity index (χ0) is 15.5. The van der Waals surface area contributed by atoms with Gasteiger partial charge in [0.2, 0.25) is 5.78 Å². The van der Waals surface area contributed by atoms with Gasteiger partial charge >= 0.3 is 0 Å². The first kappa shape index (κ1) is 13.0. The van der Waals surface area contributed by atoms with Crippen LogP contribution in [0.1, 0.15) is 37.4 Å². The SMILES string of the molecule is Cc1cc(O)c2c(c1)C(=O)c1c(N)c(O)cc(O)c1C2=O. The fourth-order valence-electron chi connectivity index (χ4n) is 2.58. The van der Waals surface area contributed by atoms with Crippen LogP contribution in [0, 0.1) is 6.92 Å². The number of benzene rings is 2. The molecule has 1 aliphatic carbocycles. The van der Waals surface area contributed by atoms with Crippen LogP contribution in [0.5, 0.6) is 17.2 Å². The smallest absolute Gasteiger partial charge is 0.202 e. The molecule has 0 spiro atoms. The summed E-state index contributed by atoms with van der Waals surface area (Å²) in [6, 6.07) is 3.71. The molecule has 0 amide bonds. The summed E-state index contributed by atoms with van der Waals surface area (Å²) in [7, 11) is 0. The van der Waals surface area contributed by atoms with Crippen LogP contribution >= 0.6 is 0 Å². The first-order valence-electron chi connectivity index (χ1n) is 6.10. The third-order valence-electron chi connectivity index (χ3n) is 3.51. The lowest BCUT2D eigenvalue weighted by Crippen LogP contribution is -2.23. The van der Waals surface area contributed by atoms with Crippen molar-refractivity contribution in [3.05, 3.63) is 46.0 Å². The summed E-state index contributed by atoms with van der Waals surface area (Å²) in [6.45, 7) is 1.66. The quantitative estimate of drug-likeness (QED) is 0.282. The summed E-state index contributed by atoms with van der Waals surface area (Å²) in [4.78, 5) is 25.0. The van der Waals surface area contributed by atoms with E-state index in [9.17, 15) is 24.9 Å². The number of nitrogens with two attached hydrogens (primary N) is 1. The summed E-state index contributed by atoms with van der Waals surface area (Å²) in [5.41, 5.74) is 5.28. The fourth-order valence-corrected chi connectivity index (χ4v) is 2.58. The second-order valence-electron chi connectivity index (χ2n) is 4.94. The van der Waals surface area contributed by atoms with Crippen molar-refractivity contribution in [3.8, 4) is 17.2 Å². The van der Waals surface area contributed by atoms with Crippen molar-refractivity contribution in [2.45, 2.75) is 6.92 Å². The van der Waals surface area contributed by atoms with Crippen molar-refractivity contribution in [3.63, 3.8) is 0 Å². The Morgan fingerprint density at radius 1 is 0.810 bits per heavy atom. The maximum atomic E-state index is 12.5. The minimum atomic E-state index is -0.707. The molecule has 6 nitrogen and oxygen atoms in total. The van der Waals surface area contributed by atoms with Gasteiger partial charge < -0.3 is 21.1 Å². The molecule has 3 rings (SSSR count). The Morgan fingerprint density at radius 3 is 2.10 bits per heavy atom. The number of ketones is 2. The van der Waals surface area contributed by atoms with Crippen LogP contribution in [-0.2, 0) is 0 Å². The highest BCUT2D eigenvalue weighted by Crippen LogP contribution is 2.42. The molecule has 0 aromatic heterocycles. The van der Waals surface area contributed by atoms with Crippen LogP contribution in [-0.4, -0.2) is 26.9 Å². The van der Waals surface area contributed by atoms with Crippen molar-refractivity contribution in [2.24, 2.45) is 0 Å². The molecule has 0 saturated carbocycles. The number of phenols is 3. The molecule has 0 radical (unpaired) electrons. The van der Waals surface area contributed by atoms with E-state index in [1.165, 1.54) is 12.1 Å². The number of aromatic hydroxyl groups is 3. The first-order chi connectivity index (χ1) is 9.82. The van der Waals surface area contributed by atoms with E-state index in [2.05, 4.69) is 0 Å². The zero-order valence-corrected chi connectivity index (χ0v) is 11.0. The lowest BCUT2D eigenvalue weighted by molar-refractivity contribution is 0.0974. The Kier molecular flexibility index (Phi) is 2.47. The molecule has 5 N–H and O–H groups in total. The van der Waals surface area contributed by atoms with E-state index in [0.29, 0.717) is 5.56 Å². The second kappa shape index (κ2) is 3.99. The predicted octanol–water partition coefficient (Wildman–Crippen LogP) is 1.47. The largest absolute Gasteiger partial charge is 0.507 e. The van der Waals surface area contributed by atoms with Crippen LogP contribution in [0.2, 0.25) is 0 Å². The number of nitrogen functional groups attached to an aromatic ring is 1. The number of carbonyl (C=O) groups is 2. The van der Waals surface area contributed by atoms with Gasteiger partial charge in [-0.2, -0.15) is 0 Å². The highest BCUT2D eigenvalue weighted by molar-refractivity contribution is 6.32. The Balaban J connectivity index is 2.44. The monoisotopic (exact) mass is 285 g/mol. The molecule has 0 aliphatic heterocycles. The van der Waals surface area contributed by atoms with Gasteiger partial charge in [0, 0.05) is 11.6 Å². The molecule has 0 unspecified atom stereocenters. The summed E-state index contributed by atoms with van der Waals surface area (Å²) < 4.78 is 0. The molecule has 0 heterocycles. The molecule has 21 heavy (non-hydrogen) atoms. The molecule has 106 valence electrons. The number of hydrogen-bond donors (Lipinski definition) is 4. The molecular weight excluding hydrogens is 274 g/mol. The van der Waals surface area contributed by atoms with E-state index in [4.69, 9.17) is 5.73 Å². The minimum absolute atomic E-state index is 0.00157. The van der Waals surface area contributed by atoms with Gasteiger partial charge in [0.1, 0.15) is 17.2 Å². The predicted molar refractivity (Wildman–Crippen MR) is 73.9 cm³/mol. The molecule has 1 aliphatic rings. The third kappa shape index (κ3) is 1.59. The van der Waals surface area contributed by atoms with E-state index in [-0.39, 0.29) is 33.7 Å². The summed E-state index contributed by atoms with van der Waals surface area (Å²) in [5.74, 6) is -2.70. The van der Waals surface area contributed by atoms with E-state index in [0.717, 1.165) is 6.07 Å². The topological polar surface area (TPSA) is 121 Å². The van der Waals surface area contributed by atoms with E-state index in [1.807, 2.05) is 0 Å². The summed E-state index contributed by atoms with van der Waals surface area (Å²) in [6.07, 6.45) is 0. The van der Waals surface area contributed by atoms with Crippen molar-refractivity contribution < 1.29 is 24.9 Å². The van der Waals surface area contributed by atoms with Crippen LogP contribution in [0.15, 0.2) is 18.2 Å². The van der Waals surface area contributed by atoms with Gasteiger partial charge in [0.05, 0.1) is 22.4 Å². The second-order valence-corrected chi connectivity index (χ2v) is 4.94. The van der Waals surface area contributed by atoms with Crippen molar-refractivity contribution in [1.29, 1.82) is 0 Å². The molecule has 2 aromatic rings. The minimum Gasteiger partial charge on any atom is -0.507 e. The number of fused-ring (bicyclic) bond motifs is 2. The number of hydrogen-bond acceptors (Lipinski definition) is 6. The number of anilines is 1. The molecule has 0 saturated heterocycles. The normalized spacial score (nSPS) is 13.0. The average molecular weight is 285 g/mol. The van der Waals surface area contributed by atoms with Crippen LogP contribution in [0.3, 0.4) is 0 Å². The zero-order valence-electron chi connectivity index (χ0n) is 11.0. The van der Waals surface area contributed by atoms with E-state index < -0.39 is 23.1 Å². The molecule has 2 aromatic carbocycles. The lowest BCUT2D eigenvalue weighted by Gasteiger charge is -2.21. The molecule has 0 fully saturated rings. The van der Waals surface area contributed by atoms with E-state index >= 15 is 0 Å². The maximum absolute atomic E-state index is 12.5. The highest BCUT2D eigenvalue weighted by atomic mass is 16.3. The molecule has 0 atom stereocenters. The molecular formula is C15H11NO5. The van der Waals surface area contributed by atoms with Gasteiger partial charge in [-0.25, -0.2) is 0 Å². The van der Waals surface area contributed by atoms with Crippen molar-refractivity contribution in [2.75, 3.05) is 5.73 Å². The standard InChI is InChI=1S/C15H11NO5/c1-5-2-6-10(7(17)3-5)15(21)11-8(18)4-9(19)13(16)12(11)14(6)20/h2-4,17-19H,16H2,1H3. The van der Waals surface area contributed by atoms with Crippen LogP contribution in [0.25, 0.3) is 0 Å². The summed E-state index contributed by atoms with van der Waals surface area (Å²) >= 11 is 0. The summed E-state index contributed by atoms with van der Waals surface area (Å²) in [5, 5.41) is 29.4. The number of rotatable bonds is 0. The van der Waals surface area contributed by atoms with E-state index in [1.54, 1.807) is 6.92 Å². The van der Waals surface area contributed by atoms with Crippen LogP contribution < -0.4 is 5.73 Å². The van der Waals surface area contributed by atoms with Gasteiger partial charge in [-0.1, -0.05) is 0 Å². The Labute approximate surface area is 119 Å². The third-order valence-corrected chi connectivity index (χ3v) is 3.51. The molecule has 6 heteroatoms. The van der Waals surface area contributed by atoms with Gasteiger partial charge in [-0.3, -0.25) is 9.59 Å². The highest BCUT2D eigenvalue weighted by Gasteiger charge is 2.36. The first-order valence-corrected chi connectivity index (χ1v) is 6.10. The van der Waals surface area contributed by atoms with Gasteiger partial charge in [0.25, 0.3) is 0 Å². The number of phenolic OH excluding ortho intramolecular Hbond substituents is 3. The van der Waals surface area contributed by atoms with Crippen molar-refractivity contribution >= 4 is 17.3 Å². The van der Waals surface area contributed by atoms with Gasteiger partial charge in [-0.15, -0.1) is 0 Å². The Morgan fingerprint density at radius 2 is 1.43 bits per heavy atom. The Bertz CT molecular complexity index is 839. The Hall–Kier alpha value is -3.02. The van der Waals surface area contributed by atoms with Gasteiger partial charge in [-0.05, 0) is 24.6 Å². The maximum Gasteiger partial charge on any atom is 0.202 e. The number of aryl methyl sites for hydroxylation is 1. The van der Waals surface area contributed by atoms with Crippen LogP contribution in [0.4, 0.5) is 5.69 Å². The lowest BCUT2D eigenvalue weighted by atomic mass is 9.81. The fraction of sp³-hybridized carbons (Fsp3) is 0.0667. The molecule has 0 bridgehead atoms. The number of carbonyl (C=O) groups excluding carboxylic acids is 2. The average Bonchev–Trinajstić information content (AvgIpc) is 2.39.